The van der Waals surface area contributed by atoms with Crippen LogP contribution in [0.4, 0.5) is 0 Å². The summed E-state index contributed by atoms with van der Waals surface area (Å²) in [4.78, 5) is 28.5. The Hall–Kier alpha value is -2.63. The van der Waals surface area contributed by atoms with Gasteiger partial charge in [-0.15, -0.1) is 0 Å². The lowest BCUT2D eigenvalue weighted by molar-refractivity contribution is 0.0590. The SMILES string of the molecule is O=C(c1cnc[nH]1)N1CC(c2nc3ccccc3[nH]2)C1. The number of benzene rings is 1. The Morgan fingerprint density at radius 2 is 2.15 bits per heavy atom. The van der Waals surface area contributed by atoms with E-state index in [-0.39, 0.29) is 11.8 Å². The quantitative estimate of drug-likeness (QED) is 0.739. The van der Waals surface area contributed by atoms with Crippen molar-refractivity contribution in [1.29, 1.82) is 0 Å². The first-order valence-corrected chi connectivity index (χ1v) is 6.53. The van der Waals surface area contributed by atoms with Crippen molar-refractivity contribution in [2.75, 3.05) is 13.1 Å². The minimum Gasteiger partial charge on any atom is -0.342 e. The monoisotopic (exact) mass is 267 g/mol. The Balaban J connectivity index is 1.49. The summed E-state index contributed by atoms with van der Waals surface area (Å²) in [5, 5.41) is 0. The van der Waals surface area contributed by atoms with Gasteiger partial charge in [0.05, 0.1) is 29.5 Å². The van der Waals surface area contributed by atoms with E-state index in [0.29, 0.717) is 18.8 Å². The minimum atomic E-state index is -0.00476. The fourth-order valence-corrected chi connectivity index (χ4v) is 2.53. The van der Waals surface area contributed by atoms with Crippen LogP contribution in [0.1, 0.15) is 22.2 Å². The van der Waals surface area contributed by atoms with E-state index < -0.39 is 0 Å². The summed E-state index contributed by atoms with van der Waals surface area (Å²) in [6, 6.07) is 7.96. The Kier molecular flexibility index (Phi) is 2.35. The molecule has 20 heavy (non-hydrogen) atoms. The third-order valence-electron chi connectivity index (χ3n) is 3.69. The number of aromatic nitrogens is 4. The number of carbonyl (C=O) groups is 1. The Bertz CT molecular complexity index is 722. The van der Waals surface area contributed by atoms with E-state index in [4.69, 9.17) is 0 Å². The van der Waals surface area contributed by atoms with E-state index in [2.05, 4.69) is 19.9 Å². The number of H-pyrrole nitrogens is 2. The van der Waals surface area contributed by atoms with Gasteiger partial charge in [0.2, 0.25) is 0 Å². The highest BCUT2D eigenvalue weighted by Gasteiger charge is 2.34. The number of nitrogens with zero attached hydrogens (tertiary/aromatic N) is 3. The average molecular weight is 267 g/mol. The van der Waals surface area contributed by atoms with Gasteiger partial charge in [0.15, 0.2) is 0 Å². The number of likely N-dealkylation sites (tertiary alicyclic amines) is 1. The summed E-state index contributed by atoms with van der Waals surface area (Å²) in [5.74, 6) is 1.24. The molecule has 1 saturated heterocycles. The van der Waals surface area contributed by atoms with E-state index in [0.717, 1.165) is 16.9 Å². The first kappa shape index (κ1) is 11.2. The molecule has 2 aromatic heterocycles. The van der Waals surface area contributed by atoms with Gasteiger partial charge >= 0.3 is 0 Å². The third kappa shape index (κ3) is 1.69. The third-order valence-corrected chi connectivity index (χ3v) is 3.69. The lowest BCUT2D eigenvalue weighted by Crippen LogP contribution is -2.48. The fraction of sp³-hybridized carbons (Fsp3) is 0.214. The largest absolute Gasteiger partial charge is 0.342 e. The van der Waals surface area contributed by atoms with E-state index in [1.165, 1.54) is 6.33 Å². The number of rotatable bonds is 2. The zero-order valence-corrected chi connectivity index (χ0v) is 10.7. The van der Waals surface area contributed by atoms with Gasteiger partial charge in [0.25, 0.3) is 5.91 Å². The molecule has 1 aliphatic rings. The Morgan fingerprint density at radius 3 is 2.90 bits per heavy atom. The van der Waals surface area contributed by atoms with Crippen LogP contribution in [0.2, 0.25) is 0 Å². The lowest BCUT2D eigenvalue weighted by Gasteiger charge is -2.37. The number of imidazole rings is 2. The normalized spacial score (nSPS) is 15.5. The van der Waals surface area contributed by atoms with Gasteiger partial charge in [-0.05, 0) is 12.1 Å². The minimum absolute atomic E-state index is 0.00476. The zero-order valence-electron chi connectivity index (χ0n) is 10.7. The van der Waals surface area contributed by atoms with Crippen LogP contribution in [0.15, 0.2) is 36.8 Å². The molecule has 1 aliphatic heterocycles. The molecule has 0 radical (unpaired) electrons. The van der Waals surface area contributed by atoms with Gasteiger partial charge < -0.3 is 14.9 Å². The van der Waals surface area contributed by atoms with Gasteiger partial charge in [-0.2, -0.15) is 0 Å². The molecule has 1 aromatic carbocycles. The van der Waals surface area contributed by atoms with Crippen molar-refractivity contribution in [2.45, 2.75) is 5.92 Å². The summed E-state index contributed by atoms with van der Waals surface area (Å²) in [5.41, 5.74) is 2.55. The van der Waals surface area contributed by atoms with Crippen molar-refractivity contribution in [3.63, 3.8) is 0 Å². The van der Waals surface area contributed by atoms with Crippen LogP contribution in [-0.4, -0.2) is 43.8 Å². The number of amides is 1. The molecule has 0 aliphatic carbocycles. The molecule has 0 bridgehead atoms. The molecule has 3 heterocycles. The van der Waals surface area contributed by atoms with Crippen LogP contribution in [-0.2, 0) is 0 Å². The second kappa shape index (κ2) is 4.19. The predicted octanol–water partition coefficient (Wildman–Crippen LogP) is 1.53. The predicted molar refractivity (Wildman–Crippen MR) is 73.3 cm³/mol. The fourth-order valence-electron chi connectivity index (χ4n) is 2.53. The molecular formula is C14H13N5O. The first-order chi connectivity index (χ1) is 9.81. The van der Waals surface area contributed by atoms with Crippen LogP contribution in [0.25, 0.3) is 11.0 Å². The topological polar surface area (TPSA) is 77.7 Å². The second-order valence-corrected chi connectivity index (χ2v) is 5.01. The summed E-state index contributed by atoms with van der Waals surface area (Å²) in [6.45, 7) is 1.38. The number of hydrogen-bond acceptors (Lipinski definition) is 3. The zero-order chi connectivity index (χ0) is 13.5. The number of para-hydroxylation sites is 2. The number of hydrogen-bond donors (Lipinski definition) is 2. The summed E-state index contributed by atoms with van der Waals surface area (Å²) in [7, 11) is 0. The number of nitrogens with one attached hydrogen (secondary N) is 2. The van der Waals surface area contributed by atoms with Gasteiger partial charge in [-0.25, -0.2) is 9.97 Å². The smallest absolute Gasteiger partial charge is 0.271 e. The van der Waals surface area contributed by atoms with Crippen LogP contribution < -0.4 is 0 Å². The highest BCUT2D eigenvalue weighted by atomic mass is 16.2. The van der Waals surface area contributed by atoms with Crippen molar-refractivity contribution < 1.29 is 4.79 Å². The van der Waals surface area contributed by atoms with Crippen LogP contribution >= 0.6 is 0 Å². The van der Waals surface area contributed by atoms with E-state index in [9.17, 15) is 4.79 Å². The summed E-state index contributed by atoms with van der Waals surface area (Å²) < 4.78 is 0. The molecule has 3 aromatic rings. The van der Waals surface area contributed by atoms with E-state index in [1.54, 1.807) is 11.1 Å². The Morgan fingerprint density at radius 1 is 1.30 bits per heavy atom. The van der Waals surface area contributed by atoms with E-state index >= 15 is 0 Å². The number of aromatic amines is 2. The maximum atomic E-state index is 12.1. The highest BCUT2D eigenvalue weighted by Crippen LogP contribution is 2.27. The maximum Gasteiger partial charge on any atom is 0.271 e. The van der Waals surface area contributed by atoms with Crippen LogP contribution in [0.5, 0.6) is 0 Å². The molecule has 100 valence electrons. The molecule has 0 unspecified atom stereocenters. The summed E-state index contributed by atoms with van der Waals surface area (Å²) in [6.07, 6.45) is 3.07. The number of carbonyl (C=O) groups excluding carboxylic acids is 1. The molecule has 0 saturated carbocycles. The standard InChI is InChI=1S/C14H13N5O/c20-14(12-5-15-8-16-12)19-6-9(7-19)13-17-10-3-1-2-4-11(10)18-13/h1-5,8-9H,6-7H2,(H,15,16)(H,17,18). The van der Waals surface area contributed by atoms with Crippen molar-refractivity contribution in [3.05, 3.63) is 48.3 Å². The molecule has 1 fully saturated rings. The molecule has 0 spiro atoms. The van der Waals surface area contributed by atoms with Gasteiger partial charge in [-0.1, -0.05) is 12.1 Å². The second-order valence-electron chi connectivity index (χ2n) is 5.01. The molecule has 6 heteroatoms. The van der Waals surface area contributed by atoms with Gasteiger partial charge in [0, 0.05) is 13.1 Å². The molecule has 1 amide bonds. The van der Waals surface area contributed by atoms with Crippen molar-refractivity contribution >= 4 is 16.9 Å². The highest BCUT2D eigenvalue weighted by molar-refractivity contribution is 5.92. The summed E-state index contributed by atoms with van der Waals surface area (Å²) >= 11 is 0. The molecule has 0 atom stereocenters. The Labute approximate surface area is 114 Å². The molecule has 2 N–H and O–H groups in total. The van der Waals surface area contributed by atoms with Crippen molar-refractivity contribution in [3.8, 4) is 0 Å². The van der Waals surface area contributed by atoms with Gasteiger partial charge in [-0.3, -0.25) is 4.79 Å². The lowest BCUT2D eigenvalue weighted by atomic mass is 9.99. The molecule has 6 nitrogen and oxygen atoms in total. The average Bonchev–Trinajstić information content (AvgIpc) is 3.06. The van der Waals surface area contributed by atoms with Crippen LogP contribution in [0, 0.1) is 0 Å². The molecule has 4 rings (SSSR count). The van der Waals surface area contributed by atoms with Crippen LogP contribution in [0.3, 0.4) is 0 Å². The van der Waals surface area contributed by atoms with Crippen molar-refractivity contribution in [1.82, 2.24) is 24.8 Å². The number of fused-ring (bicyclic) bond motifs is 1. The van der Waals surface area contributed by atoms with Crippen molar-refractivity contribution in [2.24, 2.45) is 0 Å². The molecular weight excluding hydrogens is 254 g/mol. The maximum absolute atomic E-state index is 12.1. The van der Waals surface area contributed by atoms with E-state index in [1.807, 2.05) is 24.3 Å². The van der Waals surface area contributed by atoms with Gasteiger partial charge in [0.1, 0.15) is 11.5 Å². The first-order valence-electron chi connectivity index (χ1n) is 6.53.